The van der Waals surface area contributed by atoms with Gasteiger partial charge >= 0.3 is 0 Å². The van der Waals surface area contributed by atoms with Crippen LogP contribution in [0.4, 0.5) is 5.69 Å². The number of hydrogen-bond donors (Lipinski definition) is 0. The summed E-state index contributed by atoms with van der Waals surface area (Å²) < 4.78 is 1.15. The molecule has 0 aromatic heterocycles. The number of amides is 1. The molecule has 0 fully saturated rings. The monoisotopic (exact) mass is 416 g/mol. The second-order valence-corrected chi connectivity index (χ2v) is 10.2. The summed E-state index contributed by atoms with van der Waals surface area (Å²) in [5.74, 6) is 0.359. The van der Waals surface area contributed by atoms with Crippen molar-refractivity contribution in [1.29, 1.82) is 0 Å². The van der Waals surface area contributed by atoms with Crippen LogP contribution < -0.4 is 4.90 Å². The zero-order chi connectivity index (χ0) is 20.1. The Balaban J connectivity index is 1.26. The van der Waals surface area contributed by atoms with Gasteiger partial charge in [-0.1, -0.05) is 67.9 Å². The van der Waals surface area contributed by atoms with Gasteiger partial charge in [-0.3, -0.25) is 14.6 Å². The topological polar surface area (TPSA) is 49.7 Å². The summed E-state index contributed by atoms with van der Waals surface area (Å²) in [7, 11) is 0. The Bertz CT molecular complexity index is 801. The van der Waals surface area contributed by atoms with Crippen LogP contribution >= 0.6 is 23.5 Å². The number of benzene rings is 1. The fourth-order valence-electron chi connectivity index (χ4n) is 3.31. The van der Waals surface area contributed by atoms with E-state index in [2.05, 4.69) is 20.4 Å². The van der Waals surface area contributed by atoms with Crippen molar-refractivity contribution < 1.29 is 9.59 Å². The predicted octanol–water partition coefficient (Wildman–Crippen LogP) is 5.68. The third-order valence-electron chi connectivity index (χ3n) is 5.14. The van der Waals surface area contributed by atoms with Gasteiger partial charge in [-0.15, -0.1) is 0 Å². The first-order valence-corrected chi connectivity index (χ1v) is 11.8. The molecular weight excluding hydrogens is 388 g/mol. The molecule has 0 aliphatic carbocycles. The van der Waals surface area contributed by atoms with E-state index in [0.29, 0.717) is 12.1 Å². The summed E-state index contributed by atoms with van der Waals surface area (Å²) in [5, 5.41) is 0. The third-order valence-corrected chi connectivity index (χ3v) is 7.59. The summed E-state index contributed by atoms with van der Waals surface area (Å²) in [5.41, 5.74) is 1.20. The fourth-order valence-corrected chi connectivity index (χ4v) is 5.70. The van der Waals surface area contributed by atoms with Crippen LogP contribution in [0.3, 0.4) is 0 Å². The molecule has 0 saturated carbocycles. The maximum absolute atomic E-state index is 12.1. The second-order valence-electron chi connectivity index (χ2n) is 7.73. The molecule has 0 bridgehead atoms. The van der Waals surface area contributed by atoms with Crippen LogP contribution in [0.5, 0.6) is 0 Å². The average Bonchev–Trinajstić information content (AvgIpc) is 3.07. The van der Waals surface area contributed by atoms with Crippen molar-refractivity contribution in [2.75, 3.05) is 17.2 Å². The highest BCUT2D eigenvalue weighted by molar-refractivity contribution is 8.40. The molecule has 3 rings (SSSR count). The molecule has 0 radical (unpaired) electrons. The summed E-state index contributed by atoms with van der Waals surface area (Å²) in [4.78, 5) is 31.6. The van der Waals surface area contributed by atoms with E-state index in [-0.39, 0.29) is 17.2 Å². The number of hydrogen-bond acceptors (Lipinski definition) is 5. The number of anilines is 1. The van der Waals surface area contributed by atoms with Crippen LogP contribution in [0.15, 0.2) is 40.7 Å². The lowest BCUT2D eigenvalue weighted by Gasteiger charge is -2.16. The lowest BCUT2D eigenvalue weighted by Crippen LogP contribution is -2.30. The Morgan fingerprint density at radius 3 is 2.46 bits per heavy atom. The van der Waals surface area contributed by atoms with Crippen molar-refractivity contribution in [2.24, 2.45) is 4.99 Å². The van der Waals surface area contributed by atoms with Crippen molar-refractivity contribution in [3.8, 4) is 0 Å². The second kappa shape index (κ2) is 9.31. The molecule has 2 heterocycles. The molecule has 2 aliphatic heterocycles. The zero-order valence-electron chi connectivity index (χ0n) is 16.7. The molecule has 1 amide bonds. The van der Waals surface area contributed by atoms with Crippen molar-refractivity contribution in [3.63, 3.8) is 0 Å². The Labute approximate surface area is 176 Å². The molecule has 1 aromatic rings. The Hall–Kier alpha value is -1.53. The molecule has 0 unspecified atom stereocenters. The number of para-hydroxylation sites is 1. The van der Waals surface area contributed by atoms with Crippen molar-refractivity contribution in [3.05, 3.63) is 41.3 Å². The number of carbonyl (C=O) groups excluding carboxylic acids is 2. The molecular formula is C22H28N2O2S2. The van der Waals surface area contributed by atoms with Gasteiger partial charge in [0.05, 0.1) is 16.8 Å². The highest BCUT2D eigenvalue weighted by Crippen LogP contribution is 2.41. The van der Waals surface area contributed by atoms with Gasteiger partial charge in [0.15, 0.2) is 0 Å². The van der Waals surface area contributed by atoms with Crippen molar-refractivity contribution in [2.45, 2.75) is 57.9 Å². The molecule has 150 valence electrons. The quantitative estimate of drug-likeness (QED) is 0.383. The average molecular weight is 417 g/mol. The molecule has 6 heteroatoms. The van der Waals surface area contributed by atoms with Gasteiger partial charge in [-0.05, 0) is 38.8 Å². The van der Waals surface area contributed by atoms with Crippen molar-refractivity contribution in [1.82, 2.24) is 0 Å². The minimum absolute atomic E-state index is 0.116. The largest absolute Gasteiger partial charge is 0.305 e. The van der Waals surface area contributed by atoms with E-state index in [4.69, 9.17) is 4.99 Å². The van der Waals surface area contributed by atoms with Crippen LogP contribution in [-0.4, -0.2) is 33.9 Å². The minimum Gasteiger partial charge on any atom is -0.305 e. The number of nitrogens with zero attached hydrogens (tertiary/aromatic N) is 2. The summed E-state index contributed by atoms with van der Waals surface area (Å²) in [6.45, 7) is 8.94. The number of carbonyl (C=O) groups is 2. The first-order chi connectivity index (χ1) is 13.4. The van der Waals surface area contributed by atoms with Crippen LogP contribution in [0, 0.1) is 0 Å². The van der Waals surface area contributed by atoms with Crippen LogP contribution in [0.2, 0.25) is 0 Å². The van der Waals surface area contributed by atoms with Gasteiger partial charge in [-0.2, -0.15) is 0 Å². The number of thioether (sulfide) groups is 2. The number of fused-ring (bicyclic) bond motifs is 1. The van der Waals surface area contributed by atoms with Crippen LogP contribution in [0.25, 0.3) is 0 Å². The number of rotatable bonds is 9. The first-order valence-electron chi connectivity index (χ1n) is 9.95. The third kappa shape index (κ3) is 4.90. The zero-order valence-corrected chi connectivity index (χ0v) is 18.3. The van der Waals surface area contributed by atoms with E-state index in [9.17, 15) is 9.59 Å². The Morgan fingerprint density at radius 1 is 1.07 bits per heavy atom. The van der Waals surface area contributed by atoms with E-state index in [0.717, 1.165) is 33.6 Å². The predicted molar refractivity (Wildman–Crippen MR) is 122 cm³/mol. The molecule has 0 spiro atoms. The lowest BCUT2D eigenvalue weighted by molar-refractivity contribution is -0.114. The number of ketones is 1. The molecule has 0 saturated heterocycles. The smallest absolute Gasteiger partial charge is 0.299 e. The van der Waals surface area contributed by atoms with Gasteiger partial charge in [0.2, 0.25) is 0 Å². The minimum atomic E-state index is -0.378. The molecule has 4 nitrogen and oxygen atoms in total. The SMILES string of the molecule is C=C1SC(SCCCCCCCCN2C(=O)C(=O)c3ccccc32)=NC1(C)C. The summed E-state index contributed by atoms with van der Waals surface area (Å²) in [6, 6.07) is 7.28. The van der Waals surface area contributed by atoms with E-state index in [1.54, 1.807) is 28.8 Å². The lowest BCUT2D eigenvalue weighted by atomic mass is 10.1. The molecule has 0 N–H and O–H groups in total. The highest BCUT2D eigenvalue weighted by Gasteiger charge is 2.34. The van der Waals surface area contributed by atoms with Crippen LogP contribution in [0.1, 0.15) is 62.7 Å². The van der Waals surface area contributed by atoms with Crippen molar-refractivity contribution >= 4 is 45.3 Å². The standard InChI is InChI=1S/C22H28N2O2S2/c1-16-22(2,3)23-21(28-16)27-15-11-7-5-4-6-10-14-24-18-13-9-8-12-17(18)19(25)20(24)26/h8-9,12-13H,1,4-7,10-11,14-15H2,2-3H3. The molecule has 28 heavy (non-hydrogen) atoms. The molecule has 0 atom stereocenters. The van der Waals surface area contributed by atoms with Gasteiger partial charge in [0, 0.05) is 17.2 Å². The van der Waals surface area contributed by atoms with E-state index < -0.39 is 0 Å². The van der Waals surface area contributed by atoms with E-state index >= 15 is 0 Å². The number of Topliss-reactive ketones (excluding diaryl/α,β-unsaturated/α-hetero) is 1. The molecule has 2 aliphatic rings. The highest BCUT2D eigenvalue weighted by atomic mass is 32.2. The Kier molecular flexibility index (Phi) is 7.05. The number of aliphatic imine (C=N–C) groups is 1. The Morgan fingerprint density at radius 2 is 1.75 bits per heavy atom. The summed E-state index contributed by atoms with van der Waals surface area (Å²) in [6.07, 6.45) is 6.82. The first kappa shape index (κ1) is 21.2. The normalized spacial score (nSPS) is 18.0. The van der Waals surface area contributed by atoms with Crippen LogP contribution in [-0.2, 0) is 4.79 Å². The van der Waals surface area contributed by atoms with Gasteiger partial charge in [0.25, 0.3) is 11.7 Å². The van der Waals surface area contributed by atoms with Gasteiger partial charge in [-0.25, -0.2) is 0 Å². The maximum atomic E-state index is 12.1. The van der Waals surface area contributed by atoms with Gasteiger partial charge < -0.3 is 4.90 Å². The fraction of sp³-hybridized carbons (Fsp3) is 0.500. The summed E-state index contributed by atoms with van der Waals surface area (Å²) >= 11 is 3.56. The number of unbranched alkanes of at least 4 members (excludes halogenated alkanes) is 5. The van der Waals surface area contributed by atoms with Gasteiger partial charge in [0.1, 0.15) is 4.38 Å². The van der Waals surface area contributed by atoms with E-state index in [1.165, 1.54) is 25.7 Å². The maximum Gasteiger partial charge on any atom is 0.299 e. The molecule has 1 aromatic carbocycles. The van der Waals surface area contributed by atoms with E-state index in [1.807, 2.05) is 23.9 Å².